The van der Waals surface area contributed by atoms with E-state index in [0.29, 0.717) is 13.0 Å². The lowest BCUT2D eigenvalue weighted by molar-refractivity contribution is -0.132. The van der Waals surface area contributed by atoms with Crippen LogP contribution in [0.2, 0.25) is 0 Å². The monoisotopic (exact) mass is 295 g/mol. The van der Waals surface area contributed by atoms with Crippen LogP contribution in [0, 0.1) is 0 Å². The van der Waals surface area contributed by atoms with Crippen molar-refractivity contribution in [1.29, 1.82) is 0 Å². The summed E-state index contributed by atoms with van der Waals surface area (Å²) < 4.78 is 5.63. The summed E-state index contributed by atoms with van der Waals surface area (Å²) in [5.74, 6) is 0.999. The lowest BCUT2D eigenvalue weighted by Gasteiger charge is -2.25. The number of carbonyl (C=O) groups excluding carboxylic acids is 1. The number of carbonyl (C=O) groups is 1. The van der Waals surface area contributed by atoms with Gasteiger partial charge in [-0.25, -0.2) is 0 Å². The zero-order valence-electron chi connectivity index (χ0n) is 12.7. The van der Waals surface area contributed by atoms with Gasteiger partial charge in [-0.05, 0) is 30.5 Å². The highest BCUT2D eigenvalue weighted by atomic mass is 16.5. The van der Waals surface area contributed by atoms with E-state index in [4.69, 9.17) is 4.74 Å². The van der Waals surface area contributed by atoms with Gasteiger partial charge in [0.05, 0.1) is 19.1 Å². The lowest BCUT2D eigenvalue weighted by Crippen LogP contribution is -2.31. The SMILES string of the molecule is O=C(CCOc1ccccc1)N1CCCC1c1ccccc1. The van der Waals surface area contributed by atoms with Gasteiger partial charge in [0, 0.05) is 6.54 Å². The summed E-state index contributed by atoms with van der Waals surface area (Å²) in [5.41, 5.74) is 1.23. The fourth-order valence-corrected chi connectivity index (χ4v) is 3.00. The van der Waals surface area contributed by atoms with Crippen LogP contribution < -0.4 is 4.74 Å². The van der Waals surface area contributed by atoms with Crippen LogP contribution in [0.1, 0.15) is 30.9 Å². The number of hydrogen-bond acceptors (Lipinski definition) is 2. The predicted molar refractivity (Wildman–Crippen MR) is 86.7 cm³/mol. The van der Waals surface area contributed by atoms with Crippen LogP contribution in [-0.4, -0.2) is 24.0 Å². The van der Waals surface area contributed by atoms with E-state index in [2.05, 4.69) is 12.1 Å². The first kappa shape index (κ1) is 14.6. The molecule has 0 saturated carbocycles. The molecule has 0 radical (unpaired) electrons. The van der Waals surface area contributed by atoms with Crippen LogP contribution in [0.25, 0.3) is 0 Å². The van der Waals surface area contributed by atoms with Crippen molar-refractivity contribution < 1.29 is 9.53 Å². The molecule has 1 amide bonds. The Hall–Kier alpha value is -2.29. The summed E-state index contributed by atoms with van der Waals surface area (Å²) >= 11 is 0. The molecule has 1 fully saturated rings. The van der Waals surface area contributed by atoms with Gasteiger partial charge in [-0.2, -0.15) is 0 Å². The molecule has 0 N–H and O–H groups in total. The van der Waals surface area contributed by atoms with Crippen molar-refractivity contribution in [2.24, 2.45) is 0 Å². The molecule has 114 valence electrons. The smallest absolute Gasteiger partial charge is 0.226 e. The third-order valence-electron chi connectivity index (χ3n) is 4.09. The minimum atomic E-state index is 0.183. The van der Waals surface area contributed by atoms with Crippen molar-refractivity contribution in [3.8, 4) is 5.75 Å². The summed E-state index contributed by atoms with van der Waals surface area (Å²) in [6.07, 6.45) is 2.55. The molecule has 0 bridgehead atoms. The topological polar surface area (TPSA) is 29.5 Å². The first-order chi connectivity index (χ1) is 10.8. The molecule has 3 rings (SSSR count). The zero-order chi connectivity index (χ0) is 15.2. The highest BCUT2D eigenvalue weighted by Gasteiger charge is 2.29. The fourth-order valence-electron chi connectivity index (χ4n) is 3.00. The van der Waals surface area contributed by atoms with Gasteiger partial charge in [-0.1, -0.05) is 48.5 Å². The summed E-state index contributed by atoms with van der Waals surface area (Å²) in [6, 6.07) is 20.2. The van der Waals surface area contributed by atoms with Gasteiger partial charge in [0.1, 0.15) is 5.75 Å². The van der Waals surface area contributed by atoms with Gasteiger partial charge in [-0.15, -0.1) is 0 Å². The molecule has 22 heavy (non-hydrogen) atoms. The quantitative estimate of drug-likeness (QED) is 0.839. The van der Waals surface area contributed by atoms with Gasteiger partial charge in [0.15, 0.2) is 0 Å². The predicted octanol–water partition coefficient (Wildman–Crippen LogP) is 3.82. The number of rotatable bonds is 5. The summed E-state index contributed by atoms with van der Waals surface area (Å²) in [5, 5.41) is 0. The maximum Gasteiger partial charge on any atom is 0.226 e. The van der Waals surface area contributed by atoms with Crippen molar-refractivity contribution in [3.05, 3.63) is 66.2 Å². The number of para-hydroxylation sites is 1. The zero-order valence-corrected chi connectivity index (χ0v) is 12.7. The fraction of sp³-hybridized carbons (Fsp3) is 0.316. The number of ether oxygens (including phenoxy) is 1. The maximum atomic E-state index is 12.5. The molecule has 0 spiro atoms. The van der Waals surface area contributed by atoms with E-state index in [0.717, 1.165) is 25.1 Å². The Labute approximate surface area is 131 Å². The molecule has 0 aromatic heterocycles. The van der Waals surface area contributed by atoms with Crippen LogP contribution in [0.15, 0.2) is 60.7 Å². The third-order valence-corrected chi connectivity index (χ3v) is 4.09. The Bertz CT molecular complexity index is 597. The van der Waals surface area contributed by atoms with Gasteiger partial charge >= 0.3 is 0 Å². The second-order valence-electron chi connectivity index (χ2n) is 5.57. The van der Waals surface area contributed by atoms with Crippen molar-refractivity contribution in [2.75, 3.05) is 13.2 Å². The molecule has 3 heteroatoms. The van der Waals surface area contributed by atoms with Gasteiger partial charge in [-0.3, -0.25) is 4.79 Å². The van der Waals surface area contributed by atoms with E-state index in [9.17, 15) is 4.79 Å². The van der Waals surface area contributed by atoms with E-state index in [1.54, 1.807) is 0 Å². The van der Waals surface area contributed by atoms with E-state index in [1.807, 2.05) is 53.4 Å². The summed E-state index contributed by atoms with van der Waals surface area (Å²) in [6.45, 7) is 1.28. The van der Waals surface area contributed by atoms with E-state index in [-0.39, 0.29) is 11.9 Å². The Balaban J connectivity index is 1.55. The van der Waals surface area contributed by atoms with Crippen LogP contribution in [0.4, 0.5) is 0 Å². The molecule has 3 nitrogen and oxygen atoms in total. The first-order valence-corrected chi connectivity index (χ1v) is 7.87. The summed E-state index contributed by atoms with van der Waals surface area (Å²) in [4.78, 5) is 14.5. The number of likely N-dealkylation sites (tertiary alicyclic amines) is 1. The Kier molecular flexibility index (Phi) is 4.74. The molecule has 1 aliphatic heterocycles. The molecular formula is C19H21NO2. The largest absolute Gasteiger partial charge is 0.493 e. The molecule has 1 unspecified atom stereocenters. The average Bonchev–Trinajstić information content (AvgIpc) is 3.06. The van der Waals surface area contributed by atoms with E-state index < -0.39 is 0 Å². The van der Waals surface area contributed by atoms with Crippen LogP contribution in [0.3, 0.4) is 0 Å². The highest BCUT2D eigenvalue weighted by Crippen LogP contribution is 2.32. The average molecular weight is 295 g/mol. The highest BCUT2D eigenvalue weighted by molar-refractivity contribution is 5.77. The number of amides is 1. The normalized spacial score (nSPS) is 17.5. The molecule has 1 saturated heterocycles. The van der Waals surface area contributed by atoms with Crippen molar-refractivity contribution in [3.63, 3.8) is 0 Å². The second kappa shape index (κ2) is 7.12. The minimum Gasteiger partial charge on any atom is -0.493 e. The van der Waals surface area contributed by atoms with Crippen molar-refractivity contribution in [1.82, 2.24) is 4.90 Å². The van der Waals surface area contributed by atoms with E-state index in [1.165, 1.54) is 5.56 Å². The molecule has 1 atom stereocenters. The van der Waals surface area contributed by atoms with Gasteiger partial charge in [0.2, 0.25) is 5.91 Å². The Morgan fingerprint density at radius 1 is 1.05 bits per heavy atom. The molecule has 0 aliphatic carbocycles. The minimum absolute atomic E-state index is 0.183. The standard InChI is InChI=1S/C19H21NO2/c21-19(13-15-22-17-10-5-2-6-11-17)20-14-7-12-18(20)16-8-3-1-4-9-16/h1-6,8-11,18H,7,12-15H2. The van der Waals surface area contributed by atoms with Crippen molar-refractivity contribution >= 4 is 5.91 Å². The molecule has 1 heterocycles. The Morgan fingerprint density at radius 2 is 1.73 bits per heavy atom. The van der Waals surface area contributed by atoms with Gasteiger partial charge in [0.25, 0.3) is 0 Å². The second-order valence-corrected chi connectivity index (χ2v) is 5.57. The third kappa shape index (κ3) is 3.48. The number of nitrogens with zero attached hydrogens (tertiary/aromatic N) is 1. The van der Waals surface area contributed by atoms with Crippen LogP contribution in [0.5, 0.6) is 5.75 Å². The maximum absolute atomic E-state index is 12.5. The summed E-state index contributed by atoms with van der Waals surface area (Å²) in [7, 11) is 0. The molecule has 2 aromatic carbocycles. The van der Waals surface area contributed by atoms with Crippen molar-refractivity contribution in [2.45, 2.75) is 25.3 Å². The molecule has 1 aliphatic rings. The van der Waals surface area contributed by atoms with Crippen LogP contribution in [-0.2, 0) is 4.79 Å². The molecule has 2 aromatic rings. The number of benzene rings is 2. The van der Waals surface area contributed by atoms with E-state index >= 15 is 0 Å². The lowest BCUT2D eigenvalue weighted by atomic mass is 10.0. The first-order valence-electron chi connectivity index (χ1n) is 7.87. The van der Waals surface area contributed by atoms with Gasteiger partial charge < -0.3 is 9.64 Å². The number of hydrogen-bond donors (Lipinski definition) is 0. The van der Waals surface area contributed by atoms with Crippen LogP contribution >= 0.6 is 0 Å². The molecular weight excluding hydrogens is 274 g/mol. The Morgan fingerprint density at radius 3 is 2.45 bits per heavy atom.